The minimum atomic E-state index is -0.332. The summed E-state index contributed by atoms with van der Waals surface area (Å²) in [5, 5.41) is 12.0. The summed E-state index contributed by atoms with van der Waals surface area (Å²) in [6.45, 7) is 0.0963. The predicted octanol–water partition coefficient (Wildman–Crippen LogP) is 1.04. The minimum absolute atomic E-state index is 0.107. The van der Waals surface area contributed by atoms with Crippen LogP contribution in [0.15, 0.2) is 24.3 Å². The van der Waals surface area contributed by atoms with Gasteiger partial charge in [-0.2, -0.15) is 0 Å². The number of halogens is 1. The predicted molar refractivity (Wildman–Crippen MR) is 62.3 cm³/mol. The van der Waals surface area contributed by atoms with Gasteiger partial charge in [0.15, 0.2) is 0 Å². The van der Waals surface area contributed by atoms with E-state index in [0.717, 1.165) is 5.39 Å². The van der Waals surface area contributed by atoms with Crippen molar-refractivity contribution in [3.05, 3.63) is 35.8 Å². The lowest BCUT2D eigenvalue weighted by molar-refractivity contribution is 0.0937. The first-order valence-electron chi connectivity index (χ1n) is 5.27. The third-order valence-corrected chi connectivity index (χ3v) is 2.64. The zero-order valence-corrected chi connectivity index (χ0v) is 9.40. The fourth-order valence-corrected chi connectivity index (χ4v) is 1.78. The fourth-order valence-electron chi connectivity index (χ4n) is 1.78. The largest absolute Gasteiger partial charge is 0.395 e. The van der Waals surface area contributed by atoms with Crippen LogP contribution in [0.25, 0.3) is 10.9 Å². The van der Waals surface area contributed by atoms with Crippen LogP contribution in [0, 0.1) is 5.82 Å². The first kappa shape index (κ1) is 11.6. The van der Waals surface area contributed by atoms with E-state index in [2.05, 4.69) is 5.32 Å². The summed E-state index contributed by atoms with van der Waals surface area (Å²) in [5.41, 5.74) is 1.11. The SMILES string of the molecule is Cn1c(C(=O)NCCO)cc2ccc(F)cc21. The molecule has 2 N–H and O–H groups in total. The number of aryl methyl sites for hydroxylation is 1. The van der Waals surface area contributed by atoms with Crippen molar-refractivity contribution in [1.29, 1.82) is 0 Å². The second-order valence-electron chi connectivity index (χ2n) is 3.77. The molecule has 1 aromatic heterocycles. The number of benzene rings is 1. The van der Waals surface area contributed by atoms with Crippen LogP contribution < -0.4 is 5.32 Å². The van der Waals surface area contributed by atoms with Crippen molar-refractivity contribution in [2.75, 3.05) is 13.2 Å². The summed E-state index contributed by atoms with van der Waals surface area (Å²) in [6, 6.07) is 6.07. The molecule has 1 heterocycles. The van der Waals surface area contributed by atoms with Crippen molar-refractivity contribution in [2.24, 2.45) is 7.05 Å². The average molecular weight is 236 g/mol. The molecule has 0 unspecified atom stereocenters. The van der Waals surface area contributed by atoms with Crippen molar-refractivity contribution in [3.8, 4) is 0 Å². The maximum absolute atomic E-state index is 13.1. The smallest absolute Gasteiger partial charge is 0.268 e. The van der Waals surface area contributed by atoms with E-state index in [1.54, 1.807) is 23.7 Å². The van der Waals surface area contributed by atoms with Crippen molar-refractivity contribution in [3.63, 3.8) is 0 Å². The van der Waals surface area contributed by atoms with Gasteiger partial charge in [0.2, 0.25) is 0 Å². The molecule has 0 bridgehead atoms. The highest BCUT2D eigenvalue weighted by Crippen LogP contribution is 2.19. The number of fused-ring (bicyclic) bond motifs is 1. The number of carbonyl (C=O) groups excluding carboxylic acids is 1. The van der Waals surface area contributed by atoms with Gasteiger partial charge in [0.05, 0.1) is 12.1 Å². The summed E-state index contributed by atoms with van der Waals surface area (Å²) in [5.74, 6) is -0.612. The number of aliphatic hydroxyl groups is 1. The monoisotopic (exact) mass is 236 g/mol. The molecule has 0 saturated carbocycles. The van der Waals surface area contributed by atoms with E-state index in [4.69, 9.17) is 5.11 Å². The van der Waals surface area contributed by atoms with Crippen molar-refractivity contribution >= 4 is 16.8 Å². The highest BCUT2D eigenvalue weighted by Gasteiger charge is 2.12. The van der Waals surface area contributed by atoms with Gasteiger partial charge in [-0.1, -0.05) is 0 Å². The van der Waals surface area contributed by atoms with E-state index in [-0.39, 0.29) is 24.9 Å². The Hall–Kier alpha value is -1.88. The Morgan fingerprint density at radius 2 is 2.24 bits per heavy atom. The van der Waals surface area contributed by atoms with Gasteiger partial charge in [-0.15, -0.1) is 0 Å². The number of rotatable bonds is 3. The van der Waals surface area contributed by atoms with Gasteiger partial charge in [-0.05, 0) is 24.3 Å². The van der Waals surface area contributed by atoms with Crippen LogP contribution in [0.5, 0.6) is 0 Å². The number of aromatic nitrogens is 1. The highest BCUT2D eigenvalue weighted by molar-refractivity contribution is 5.98. The maximum atomic E-state index is 13.1. The van der Waals surface area contributed by atoms with Gasteiger partial charge in [0.1, 0.15) is 11.5 Å². The molecule has 0 aliphatic heterocycles. The van der Waals surface area contributed by atoms with Crippen molar-refractivity contribution in [1.82, 2.24) is 9.88 Å². The second kappa shape index (κ2) is 4.55. The molecule has 5 heteroatoms. The van der Waals surface area contributed by atoms with Gasteiger partial charge in [0, 0.05) is 19.0 Å². The topological polar surface area (TPSA) is 54.3 Å². The number of carbonyl (C=O) groups is 1. The number of amides is 1. The van der Waals surface area contributed by atoms with Crippen LogP contribution in [-0.4, -0.2) is 28.7 Å². The van der Waals surface area contributed by atoms with E-state index < -0.39 is 0 Å². The Morgan fingerprint density at radius 1 is 1.47 bits per heavy atom. The zero-order valence-electron chi connectivity index (χ0n) is 9.40. The van der Waals surface area contributed by atoms with Crippen molar-refractivity contribution < 1.29 is 14.3 Å². The average Bonchev–Trinajstić information content (AvgIpc) is 2.64. The molecule has 0 radical (unpaired) electrons. The lowest BCUT2D eigenvalue weighted by Gasteiger charge is -2.04. The highest BCUT2D eigenvalue weighted by atomic mass is 19.1. The van der Waals surface area contributed by atoms with Crippen LogP contribution in [0.4, 0.5) is 4.39 Å². The molecule has 0 spiro atoms. The summed E-state index contributed by atoms with van der Waals surface area (Å²) in [4.78, 5) is 11.7. The van der Waals surface area contributed by atoms with Gasteiger partial charge in [-0.3, -0.25) is 4.79 Å². The first-order chi connectivity index (χ1) is 8.13. The van der Waals surface area contributed by atoms with Crippen molar-refractivity contribution in [2.45, 2.75) is 0 Å². The molecule has 1 aromatic carbocycles. The van der Waals surface area contributed by atoms with E-state index in [0.29, 0.717) is 11.2 Å². The standard InChI is InChI=1S/C12H13FN2O2/c1-15-10-7-9(13)3-2-8(10)6-11(15)12(17)14-4-5-16/h2-3,6-7,16H,4-5H2,1H3,(H,14,17). The molecule has 2 rings (SSSR count). The second-order valence-corrected chi connectivity index (χ2v) is 3.77. The molecule has 1 amide bonds. The van der Waals surface area contributed by atoms with Crippen LogP contribution in [-0.2, 0) is 7.05 Å². The van der Waals surface area contributed by atoms with Crippen LogP contribution in [0.1, 0.15) is 10.5 Å². The Morgan fingerprint density at radius 3 is 2.94 bits per heavy atom. The maximum Gasteiger partial charge on any atom is 0.268 e. The van der Waals surface area contributed by atoms with Crippen LogP contribution in [0.2, 0.25) is 0 Å². The molecule has 4 nitrogen and oxygen atoms in total. The Balaban J connectivity index is 2.42. The third kappa shape index (κ3) is 2.14. The van der Waals surface area contributed by atoms with E-state index in [1.807, 2.05) is 0 Å². The molecule has 0 atom stereocenters. The molecule has 0 fully saturated rings. The molecular weight excluding hydrogens is 223 g/mol. The Kier molecular flexibility index (Phi) is 3.10. The molecule has 0 aliphatic rings. The van der Waals surface area contributed by atoms with Crippen LogP contribution in [0.3, 0.4) is 0 Å². The molecule has 90 valence electrons. The number of nitrogens with one attached hydrogen (secondary N) is 1. The van der Waals surface area contributed by atoms with Gasteiger partial charge >= 0.3 is 0 Å². The molecule has 0 aliphatic carbocycles. The van der Waals surface area contributed by atoms with E-state index >= 15 is 0 Å². The molecule has 2 aromatic rings. The van der Waals surface area contributed by atoms with Gasteiger partial charge < -0.3 is 15.0 Å². The fraction of sp³-hybridized carbons (Fsp3) is 0.250. The quantitative estimate of drug-likeness (QED) is 0.836. The lowest BCUT2D eigenvalue weighted by Crippen LogP contribution is -2.27. The van der Waals surface area contributed by atoms with Gasteiger partial charge in [-0.25, -0.2) is 4.39 Å². The minimum Gasteiger partial charge on any atom is -0.395 e. The number of hydrogen-bond acceptors (Lipinski definition) is 2. The van der Waals surface area contributed by atoms with Crippen LogP contribution >= 0.6 is 0 Å². The normalized spacial score (nSPS) is 10.8. The summed E-state index contributed by atoms with van der Waals surface area (Å²) < 4.78 is 14.7. The van der Waals surface area contributed by atoms with Gasteiger partial charge in [0.25, 0.3) is 5.91 Å². The number of aliphatic hydroxyl groups excluding tert-OH is 1. The first-order valence-corrected chi connectivity index (χ1v) is 5.27. The zero-order chi connectivity index (χ0) is 12.4. The molecule has 17 heavy (non-hydrogen) atoms. The van der Waals surface area contributed by atoms with E-state index in [9.17, 15) is 9.18 Å². The Labute approximate surface area is 97.7 Å². The summed E-state index contributed by atoms with van der Waals surface area (Å²) >= 11 is 0. The molecular formula is C12H13FN2O2. The Bertz CT molecular complexity index is 563. The number of hydrogen-bond donors (Lipinski definition) is 2. The number of nitrogens with zero attached hydrogens (tertiary/aromatic N) is 1. The van der Waals surface area contributed by atoms with E-state index in [1.165, 1.54) is 12.1 Å². The molecule has 0 saturated heterocycles. The third-order valence-electron chi connectivity index (χ3n) is 2.64. The summed E-state index contributed by atoms with van der Waals surface area (Å²) in [6.07, 6.45) is 0. The summed E-state index contributed by atoms with van der Waals surface area (Å²) in [7, 11) is 1.70. The lowest BCUT2D eigenvalue weighted by atomic mass is 10.2.